The van der Waals surface area contributed by atoms with Gasteiger partial charge in [0.25, 0.3) is 0 Å². The summed E-state index contributed by atoms with van der Waals surface area (Å²) in [6.45, 7) is 5.44. The standard InChI is InChI=1S/C15H21NO3/c1-2-9-16-10-3-4-14(11-16)19-13-7-5-12(6-8-13)15(17)18/h5-8,14H,2-4,9-11H2,1H3,(H,17,18). The fourth-order valence-electron chi connectivity index (χ4n) is 2.50. The number of carbonyl (C=O) groups is 1. The molecule has 0 amide bonds. The van der Waals surface area contributed by atoms with Crippen molar-refractivity contribution in [2.75, 3.05) is 19.6 Å². The van der Waals surface area contributed by atoms with Crippen molar-refractivity contribution in [3.05, 3.63) is 29.8 Å². The van der Waals surface area contributed by atoms with Crippen LogP contribution in [0.25, 0.3) is 0 Å². The first-order valence-corrected chi connectivity index (χ1v) is 6.91. The van der Waals surface area contributed by atoms with Crippen LogP contribution in [0.5, 0.6) is 5.75 Å². The second-order valence-electron chi connectivity index (χ2n) is 5.01. The second-order valence-corrected chi connectivity index (χ2v) is 5.01. The van der Waals surface area contributed by atoms with Gasteiger partial charge in [0.15, 0.2) is 0 Å². The number of rotatable bonds is 5. The normalized spacial score (nSPS) is 20.2. The van der Waals surface area contributed by atoms with Crippen LogP contribution in [0.15, 0.2) is 24.3 Å². The van der Waals surface area contributed by atoms with Crippen molar-refractivity contribution in [3.63, 3.8) is 0 Å². The van der Waals surface area contributed by atoms with E-state index in [1.165, 1.54) is 6.42 Å². The van der Waals surface area contributed by atoms with Crippen LogP contribution >= 0.6 is 0 Å². The van der Waals surface area contributed by atoms with Crippen LogP contribution in [-0.2, 0) is 0 Å². The number of likely N-dealkylation sites (tertiary alicyclic amines) is 1. The highest BCUT2D eigenvalue weighted by atomic mass is 16.5. The Balaban J connectivity index is 1.91. The Morgan fingerprint density at radius 3 is 2.79 bits per heavy atom. The molecule has 1 atom stereocenters. The van der Waals surface area contributed by atoms with Gasteiger partial charge in [-0.3, -0.25) is 4.90 Å². The molecule has 1 aromatic carbocycles. The van der Waals surface area contributed by atoms with Gasteiger partial charge in [-0.2, -0.15) is 0 Å². The third-order valence-corrected chi connectivity index (χ3v) is 3.41. The Hall–Kier alpha value is -1.55. The number of hydrogen-bond donors (Lipinski definition) is 1. The van der Waals surface area contributed by atoms with Gasteiger partial charge in [-0.1, -0.05) is 6.92 Å². The predicted molar refractivity (Wildman–Crippen MR) is 73.8 cm³/mol. The molecule has 1 saturated heterocycles. The summed E-state index contributed by atoms with van der Waals surface area (Å²) in [7, 11) is 0. The van der Waals surface area contributed by atoms with E-state index in [4.69, 9.17) is 9.84 Å². The van der Waals surface area contributed by atoms with Gasteiger partial charge in [-0.15, -0.1) is 0 Å². The van der Waals surface area contributed by atoms with E-state index in [-0.39, 0.29) is 6.10 Å². The molecule has 1 fully saturated rings. The third kappa shape index (κ3) is 3.96. The van der Waals surface area contributed by atoms with Gasteiger partial charge < -0.3 is 9.84 Å². The van der Waals surface area contributed by atoms with Crippen LogP contribution in [0.1, 0.15) is 36.5 Å². The first-order chi connectivity index (χ1) is 9.19. The van der Waals surface area contributed by atoms with Crippen molar-refractivity contribution in [1.82, 2.24) is 4.90 Å². The molecule has 0 saturated carbocycles. The van der Waals surface area contributed by atoms with Gasteiger partial charge in [0.2, 0.25) is 0 Å². The zero-order valence-electron chi connectivity index (χ0n) is 11.3. The summed E-state index contributed by atoms with van der Waals surface area (Å²) in [4.78, 5) is 13.2. The monoisotopic (exact) mass is 263 g/mol. The van der Waals surface area contributed by atoms with E-state index in [9.17, 15) is 4.79 Å². The molecule has 1 heterocycles. The Morgan fingerprint density at radius 1 is 1.42 bits per heavy atom. The van der Waals surface area contributed by atoms with Crippen molar-refractivity contribution in [2.45, 2.75) is 32.3 Å². The number of nitrogens with zero attached hydrogens (tertiary/aromatic N) is 1. The molecular formula is C15H21NO3. The largest absolute Gasteiger partial charge is 0.489 e. The van der Waals surface area contributed by atoms with Crippen LogP contribution in [-0.4, -0.2) is 41.7 Å². The number of carboxylic acid groups (broad SMARTS) is 1. The fraction of sp³-hybridized carbons (Fsp3) is 0.533. The molecule has 1 aliphatic rings. The van der Waals surface area contributed by atoms with Gasteiger partial charge in [0.1, 0.15) is 11.9 Å². The van der Waals surface area contributed by atoms with Crippen molar-refractivity contribution in [3.8, 4) is 5.75 Å². The Morgan fingerprint density at radius 2 is 2.16 bits per heavy atom. The molecule has 1 unspecified atom stereocenters. The van der Waals surface area contributed by atoms with Crippen LogP contribution in [0.3, 0.4) is 0 Å². The Labute approximate surface area is 114 Å². The zero-order valence-corrected chi connectivity index (χ0v) is 11.3. The van der Waals surface area contributed by atoms with E-state index in [0.717, 1.165) is 38.2 Å². The van der Waals surface area contributed by atoms with Crippen molar-refractivity contribution in [2.24, 2.45) is 0 Å². The number of carboxylic acids is 1. The van der Waals surface area contributed by atoms with Gasteiger partial charge >= 0.3 is 5.97 Å². The van der Waals surface area contributed by atoms with Crippen molar-refractivity contribution < 1.29 is 14.6 Å². The summed E-state index contributed by atoms with van der Waals surface area (Å²) >= 11 is 0. The highest BCUT2D eigenvalue weighted by molar-refractivity contribution is 5.87. The quantitative estimate of drug-likeness (QED) is 0.887. The molecule has 104 valence electrons. The molecular weight excluding hydrogens is 242 g/mol. The van der Waals surface area contributed by atoms with E-state index in [1.807, 2.05) is 0 Å². The second kappa shape index (κ2) is 6.57. The van der Waals surface area contributed by atoms with Gasteiger partial charge in [-0.05, 0) is 56.6 Å². The highest BCUT2D eigenvalue weighted by Crippen LogP contribution is 2.19. The van der Waals surface area contributed by atoms with E-state index in [0.29, 0.717) is 5.56 Å². The SMILES string of the molecule is CCCN1CCCC(Oc2ccc(C(=O)O)cc2)C1. The predicted octanol–water partition coefficient (Wildman–Crippen LogP) is 2.64. The molecule has 0 spiro atoms. The maximum absolute atomic E-state index is 10.8. The molecule has 1 aromatic rings. The zero-order chi connectivity index (χ0) is 13.7. The summed E-state index contributed by atoms with van der Waals surface area (Å²) in [5.74, 6) is -0.147. The summed E-state index contributed by atoms with van der Waals surface area (Å²) in [6.07, 6.45) is 3.62. The van der Waals surface area contributed by atoms with Crippen molar-refractivity contribution in [1.29, 1.82) is 0 Å². The Bertz CT molecular complexity index is 414. The van der Waals surface area contributed by atoms with Crippen LogP contribution in [0.2, 0.25) is 0 Å². The molecule has 0 aromatic heterocycles. The third-order valence-electron chi connectivity index (χ3n) is 3.41. The lowest BCUT2D eigenvalue weighted by molar-refractivity contribution is 0.0696. The van der Waals surface area contributed by atoms with E-state index < -0.39 is 5.97 Å². The number of piperidine rings is 1. The minimum absolute atomic E-state index is 0.218. The summed E-state index contributed by atoms with van der Waals surface area (Å²) in [6, 6.07) is 6.65. The molecule has 4 heteroatoms. The van der Waals surface area contributed by atoms with E-state index in [1.54, 1.807) is 24.3 Å². The number of benzene rings is 1. The molecule has 0 aliphatic carbocycles. The number of ether oxygens (including phenoxy) is 1. The topological polar surface area (TPSA) is 49.8 Å². The average molecular weight is 263 g/mol. The fourth-order valence-corrected chi connectivity index (χ4v) is 2.50. The van der Waals surface area contributed by atoms with Gasteiger partial charge in [0, 0.05) is 6.54 Å². The Kier molecular flexibility index (Phi) is 4.80. The summed E-state index contributed by atoms with van der Waals surface area (Å²) < 4.78 is 5.93. The lowest BCUT2D eigenvalue weighted by Crippen LogP contribution is -2.41. The maximum Gasteiger partial charge on any atom is 0.335 e. The molecule has 1 aliphatic heterocycles. The lowest BCUT2D eigenvalue weighted by Gasteiger charge is -2.32. The van der Waals surface area contributed by atoms with Crippen LogP contribution in [0.4, 0.5) is 0 Å². The highest BCUT2D eigenvalue weighted by Gasteiger charge is 2.20. The van der Waals surface area contributed by atoms with Gasteiger partial charge in [-0.25, -0.2) is 4.79 Å². The number of hydrogen-bond acceptors (Lipinski definition) is 3. The average Bonchev–Trinajstić information content (AvgIpc) is 2.40. The summed E-state index contributed by atoms with van der Waals surface area (Å²) in [5, 5.41) is 8.84. The molecule has 19 heavy (non-hydrogen) atoms. The van der Waals surface area contributed by atoms with Crippen molar-refractivity contribution >= 4 is 5.97 Å². The lowest BCUT2D eigenvalue weighted by atomic mass is 10.1. The maximum atomic E-state index is 10.8. The minimum atomic E-state index is -0.904. The summed E-state index contributed by atoms with van der Waals surface area (Å²) in [5.41, 5.74) is 0.295. The smallest absolute Gasteiger partial charge is 0.335 e. The first-order valence-electron chi connectivity index (χ1n) is 6.91. The van der Waals surface area contributed by atoms with E-state index >= 15 is 0 Å². The van der Waals surface area contributed by atoms with Crippen LogP contribution in [0, 0.1) is 0 Å². The van der Waals surface area contributed by atoms with E-state index in [2.05, 4.69) is 11.8 Å². The molecule has 0 radical (unpaired) electrons. The first kappa shape index (κ1) is 13.9. The molecule has 4 nitrogen and oxygen atoms in total. The molecule has 1 N–H and O–H groups in total. The molecule has 0 bridgehead atoms. The van der Waals surface area contributed by atoms with Gasteiger partial charge in [0.05, 0.1) is 5.56 Å². The minimum Gasteiger partial charge on any atom is -0.489 e. The number of aromatic carboxylic acids is 1. The molecule has 2 rings (SSSR count). The van der Waals surface area contributed by atoms with Crippen LogP contribution < -0.4 is 4.74 Å².